The lowest BCUT2D eigenvalue weighted by atomic mass is 9.57. The number of benzene rings is 2. The van der Waals surface area contributed by atoms with Crippen LogP contribution in [0.15, 0.2) is 48.5 Å². The zero-order chi connectivity index (χ0) is 44.6. The molecule has 5 heterocycles. The summed E-state index contributed by atoms with van der Waals surface area (Å²) in [5, 5.41) is 17.0. The van der Waals surface area contributed by atoms with E-state index in [9.17, 15) is 42.3 Å². The number of alkyl halides is 3. The van der Waals surface area contributed by atoms with Crippen molar-refractivity contribution in [3.8, 4) is 0 Å². The number of fused-ring (bicyclic) bond motifs is 2. The molecule has 2 aromatic heterocycles. The Labute approximate surface area is 366 Å². The van der Waals surface area contributed by atoms with Gasteiger partial charge in [0.25, 0.3) is 17.7 Å². The molecule has 332 valence electrons. The predicted octanol–water partition coefficient (Wildman–Crippen LogP) is 7.10. The summed E-state index contributed by atoms with van der Waals surface area (Å²) in [4.78, 5) is 78.3. The first-order valence-corrected chi connectivity index (χ1v) is 22.5. The first-order valence-electron chi connectivity index (χ1n) is 21.7. The number of anilines is 2. The molecule has 1 spiro atoms. The Morgan fingerprint density at radius 2 is 1.70 bits per heavy atom. The number of pyridine rings is 1. The van der Waals surface area contributed by atoms with E-state index in [0.29, 0.717) is 51.2 Å². The van der Waals surface area contributed by atoms with Gasteiger partial charge in [0.1, 0.15) is 17.4 Å². The Kier molecular flexibility index (Phi) is 11.0. The second-order valence-electron chi connectivity index (χ2n) is 18.9. The molecular formula is C46H50F3N7O6S. The minimum atomic E-state index is -4.69. The largest absolute Gasteiger partial charge is 0.433 e. The van der Waals surface area contributed by atoms with Crippen LogP contribution in [0.25, 0.3) is 10.2 Å². The molecule has 13 nitrogen and oxygen atoms in total. The Bertz CT molecular complexity index is 2510. The summed E-state index contributed by atoms with van der Waals surface area (Å²) in [7, 11) is 1.94. The van der Waals surface area contributed by atoms with Crippen molar-refractivity contribution in [2.75, 3.05) is 43.4 Å². The quantitative estimate of drug-likeness (QED) is 0.132. The number of likely N-dealkylation sites (tertiary alicyclic amines) is 1. The number of aromatic nitrogens is 2. The number of thiazole rings is 1. The van der Waals surface area contributed by atoms with Crippen molar-refractivity contribution in [3.05, 3.63) is 81.6 Å². The van der Waals surface area contributed by atoms with Gasteiger partial charge < -0.3 is 20.2 Å². The van der Waals surface area contributed by atoms with E-state index in [1.807, 2.05) is 18.0 Å². The van der Waals surface area contributed by atoms with Gasteiger partial charge in [-0.25, -0.2) is 9.97 Å². The monoisotopic (exact) mass is 885 g/mol. The van der Waals surface area contributed by atoms with Crippen molar-refractivity contribution in [3.63, 3.8) is 0 Å². The fraction of sp³-hybridized carbons (Fsp3) is 0.500. The highest BCUT2D eigenvalue weighted by atomic mass is 32.1. The third kappa shape index (κ3) is 8.34. The zero-order valence-corrected chi connectivity index (χ0v) is 36.2. The van der Waals surface area contributed by atoms with Crippen LogP contribution in [-0.2, 0) is 21.4 Å². The first kappa shape index (κ1) is 43.0. The Hall–Kier alpha value is -5.26. The van der Waals surface area contributed by atoms with E-state index in [1.54, 1.807) is 49.4 Å². The topological polar surface area (TPSA) is 165 Å². The van der Waals surface area contributed by atoms with E-state index in [0.717, 1.165) is 85.0 Å². The number of carbonyl (C=O) groups excluding carboxylic acids is 5. The summed E-state index contributed by atoms with van der Waals surface area (Å²) in [6, 6.07) is 10.9. The highest BCUT2D eigenvalue weighted by Gasteiger charge is 2.52. The third-order valence-corrected chi connectivity index (χ3v) is 14.9. The number of carbonyl (C=O) groups is 5. The molecular weight excluding hydrogens is 836 g/mol. The number of nitrogens with zero attached hydrogens (tertiary/aromatic N) is 5. The maximum Gasteiger partial charge on any atom is 0.433 e. The minimum absolute atomic E-state index is 0.0776. The summed E-state index contributed by atoms with van der Waals surface area (Å²) in [6.07, 6.45) is 3.07. The van der Waals surface area contributed by atoms with Crippen LogP contribution >= 0.6 is 11.3 Å². The van der Waals surface area contributed by atoms with Gasteiger partial charge in [-0.1, -0.05) is 12.1 Å². The van der Waals surface area contributed by atoms with E-state index >= 15 is 0 Å². The maximum absolute atomic E-state index is 13.6. The van der Waals surface area contributed by atoms with Crippen molar-refractivity contribution in [1.82, 2.24) is 25.1 Å². The van der Waals surface area contributed by atoms with Crippen LogP contribution in [0.1, 0.15) is 125 Å². The number of hydrogen-bond donors (Lipinski definition) is 3. The van der Waals surface area contributed by atoms with E-state index in [2.05, 4.69) is 20.5 Å². The SMILES string of the molecule is CN(CCC1CC2(C1)CN(CC1CCC(c3nc4cc(C(C)(C)O)c(NC(=O)c5cccc(C(F)(F)F)n5)cc4s3)CC1)C2)c1cccc2c1C(=O)N(C1CCC(=O)NC1=O)C2=O. The molecule has 2 saturated carbocycles. The molecule has 1 atom stereocenters. The van der Waals surface area contributed by atoms with Crippen molar-refractivity contribution >= 4 is 62.5 Å². The van der Waals surface area contributed by atoms with Crippen molar-refractivity contribution in [1.29, 1.82) is 0 Å². The number of nitrogens with one attached hydrogen (secondary N) is 2. The van der Waals surface area contributed by atoms with E-state index in [-0.39, 0.29) is 24.1 Å². The van der Waals surface area contributed by atoms with Crippen LogP contribution < -0.4 is 15.5 Å². The molecule has 4 aromatic rings. The van der Waals surface area contributed by atoms with Crippen LogP contribution in [0.2, 0.25) is 0 Å². The van der Waals surface area contributed by atoms with Crippen LogP contribution in [-0.4, -0.2) is 93.7 Å². The van der Waals surface area contributed by atoms with Gasteiger partial charge in [0, 0.05) is 56.8 Å². The van der Waals surface area contributed by atoms with Gasteiger partial charge in [0.2, 0.25) is 11.8 Å². The summed E-state index contributed by atoms with van der Waals surface area (Å²) in [5.41, 5.74) is 0.161. The van der Waals surface area contributed by atoms with Gasteiger partial charge in [-0.3, -0.25) is 34.2 Å². The van der Waals surface area contributed by atoms with Crippen LogP contribution in [0, 0.1) is 17.3 Å². The van der Waals surface area contributed by atoms with Crippen LogP contribution in [0.3, 0.4) is 0 Å². The molecule has 2 aliphatic carbocycles. The average molecular weight is 886 g/mol. The molecule has 17 heteroatoms. The minimum Gasteiger partial charge on any atom is -0.386 e. The molecule has 5 aliphatic rings. The molecule has 63 heavy (non-hydrogen) atoms. The zero-order valence-electron chi connectivity index (χ0n) is 35.4. The molecule has 9 rings (SSSR count). The summed E-state index contributed by atoms with van der Waals surface area (Å²) < 4.78 is 40.6. The second-order valence-corrected chi connectivity index (χ2v) is 19.9. The Morgan fingerprint density at radius 3 is 2.40 bits per heavy atom. The lowest BCUT2D eigenvalue weighted by molar-refractivity contribution is -0.141. The predicted molar refractivity (Wildman–Crippen MR) is 229 cm³/mol. The van der Waals surface area contributed by atoms with Crippen LogP contribution in [0.4, 0.5) is 24.5 Å². The van der Waals surface area contributed by atoms with Crippen molar-refractivity contribution in [2.45, 2.75) is 95.4 Å². The van der Waals surface area contributed by atoms with Gasteiger partial charge in [-0.15, -0.1) is 11.3 Å². The van der Waals surface area contributed by atoms with E-state index in [1.165, 1.54) is 18.9 Å². The standard InChI is InChI=1S/C46H50F3N7O6S/c1-44(2,62)29-18-32-35(19-31(29)51-39(58)30-7-5-9-36(50-30)46(47,48)49)63-41(52-32)27-12-10-25(11-13-27)22-55-23-45(24-55)20-26(21-45)16-17-54(3)33-8-4-6-28-38(33)43(61)56(42(28)60)34-14-15-37(57)53-40(34)59/h4-9,18-19,25-27,34,62H,10-17,20-24H2,1-3H3,(H,51,58)(H,53,57,59). The van der Waals surface area contributed by atoms with Gasteiger partial charge in [0.05, 0.1) is 37.6 Å². The van der Waals surface area contributed by atoms with Gasteiger partial charge in [-0.2, -0.15) is 13.2 Å². The molecule has 2 saturated heterocycles. The van der Waals surface area contributed by atoms with E-state index < -0.39 is 53.0 Å². The lowest BCUT2D eigenvalue weighted by Gasteiger charge is -2.60. The summed E-state index contributed by atoms with van der Waals surface area (Å²) >= 11 is 1.55. The normalized spacial score (nSPS) is 22.8. The van der Waals surface area contributed by atoms with Gasteiger partial charge >= 0.3 is 6.18 Å². The van der Waals surface area contributed by atoms with Crippen LogP contribution in [0.5, 0.6) is 0 Å². The van der Waals surface area contributed by atoms with E-state index in [4.69, 9.17) is 4.98 Å². The number of imide groups is 2. The molecule has 0 radical (unpaired) electrons. The van der Waals surface area contributed by atoms with Gasteiger partial charge in [0.15, 0.2) is 0 Å². The number of hydrogen-bond acceptors (Lipinski definition) is 11. The fourth-order valence-electron chi connectivity index (χ4n) is 10.6. The highest BCUT2D eigenvalue weighted by molar-refractivity contribution is 7.18. The number of amides is 5. The smallest absolute Gasteiger partial charge is 0.386 e. The molecule has 1 unspecified atom stereocenters. The number of piperidine rings is 1. The molecule has 5 amide bonds. The average Bonchev–Trinajstić information content (AvgIpc) is 3.74. The molecule has 3 aliphatic heterocycles. The van der Waals surface area contributed by atoms with Gasteiger partial charge in [-0.05, 0) is 119 Å². The molecule has 0 bridgehead atoms. The number of halogens is 3. The van der Waals surface area contributed by atoms with Crippen molar-refractivity contribution < 1.29 is 42.3 Å². The fourth-order valence-corrected chi connectivity index (χ4v) is 11.8. The van der Waals surface area contributed by atoms with Crippen molar-refractivity contribution in [2.24, 2.45) is 17.3 Å². The third-order valence-electron chi connectivity index (χ3n) is 13.7. The summed E-state index contributed by atoms with van der Waals surface area (Å²) in [5.74, 6) is -1.32. The number of aliphatic hydroxyl groups is 1. The molecule has 2 aromatic carbocycles. The lowest BCUT2D eigenvalue weighted by Crippen LogP contribution is -2.63. The Morgan fingerprint density at radius 1 is 0.968 bits per heavy atom. The highest BCUT2D eigenvalue weighted by Crippen LogP contribution is 2.54. The Balaban J connectivity index is 0.743. The molecule has 4 fully saturated rings. The molecule has 3 N–H and O–H groups in total. The second kappa shape index (κ2) is 16.1. The summed E-state index contributed by atoms with van der Waals surface area (Å²) in [6.45, 7) is 7.21. The maximum atomic E-state index is 13.6. The first-order chi connectivity index (χ1) is 29.9. The number of rotatable bonds is 11.